The van der Waals surface area contributed by atoms with Crippen molar-refractivity contribution in [1.82, 2.24) is 60.3 Å². The Hall–Kier alpha value is -8.58. The third kappa shape index (κ3) is 21.8. The van der Waals surface area contributed by atoms with E-state index in [0.717, 1.165) is 145 Å². The molecule has 9 aromatic rings. The number of carbonyl (C=O) groups is 6. The fourth-order valence-electron chi connectivity index (χ4n) is 15.4. The summed E-state index contributed by atoms with van der Waals surface area (Å²) in [5, 5.41) is 25.6. The molecule has 0 bridgehead atoms. The van der Waals surface area contributed by atoms with Crippen molar-refractivity contribution in [3.8, 4) is 0 Å². The van der Waals surface area contributed by atoms with E-state index in [1.807, 2.05) is 92.6 Å². The monoisotopic (exact) mass is 1430 g/mol. The highest BCUT2D eigenvalue weighted by atomic mass is 16.2. The number of rotatable bonds is 24. The molecule has 0 spiro atoms. The van der Waals surface area contributed by atoms with Crippen LogP contribution in [0.1, 0.15) is 191 Å². The Morgan fingerprint density at radius 1 is 0.333 bits per heavy atom. The van der Waals surface area contributed by atoms with Gasteiger partial charge in [0.1, 0.15) is 0 Å². The Morgan fingerprint density at radius 2 is 0.610 bits per heavy atom. The van der Waals surface area contributed by atoms with Gasteiger partial charge in [-0.15, -0.1) is 0 Å². The summed E-state index contributed by atoms with van der Waals surface area (Å²) in [7, 11) is 0. The van der Waals surface area contributed by atoms with Crippen LogP contribution in [0, 0.1) is 17.8 Å². The van der Waals surface area contributed by atoms with Crippen LogP contribution in [0.25, 0.3) is 65.4 Å². The molecule has 0 atom stereocenters. The molecule has 6 N–H and O–H groups in total. The van der Waals surface area contributed by atoms with Gasteiger partial charge in [0.2, 0.25) is 17.7 Å². The number of unbranched alkanes of at least 4 members (excludes halogenated alkanes) is 3. The average Bonchev–Trinajstić information content (AvgIpc) is 1.62. The van der Waals surface area contributed by atoms with Gasteiger partial charge in [-0.2, -0.15) is 0 Å². The van der Waals surface area contributed by atoms with Crippen LogP contribution in [0.3, 0.4) is 0 Å². The third-order valence-electron chi connectivity index (χ3n) is 20.7. The maximum Gasteiger partial charge on any atom is 0.251 e. The number of hydrogen-bond acceptors (Lipinski definition) is 9. The molecular formula is C87H120N12O6. The van der Waals surface area contributed by atoms with Gasteiger partial charge < -0.3 is 45.6 Å². The van der Waals surface area contributed by atoms with Crippen molar-refractivity contribution in [3.05, 3.63) is 144 Å². The molecule has 18 heteroatoms. The van der Waals surface area contributed by atoms with E-state index in [9.17, 15) is 28.8 Å². The van der Waals surface area contributed by atoms with Crippen LogP contribution < -0.4 is 31.9 Å². The van der Waals surface area contributed by atoms with Crippen LogP contribution in [0.2, 0.25) is 0 Å². The molecule has 0 unspecified atom stereocenters. The average molecular weight is 1430 g/mol. The number of amides is 6. The van der Waals surface area contributed by atoms with Gasteiger partial charge in [-0.3, -0.25) is 43.5 Å². The summed E-state index contributed by atoms with van der Waals surface area (Å²) in [6.45, 7) is 36.3. The molecule has 0 saturated carbocycles. The molecule has 3 aliphatic heterocycles. The molecule has 0 radical (unpaired) electrons. The quantitative estimate of drug-likeness (QED) is 0.0319. The number of hydrogen-bond donors (Lipinski definition) is 6. The molecule has 564 valence electrons. The number of aryl methyl sites for hydroxylation is 3. The summed E-state index contributed by atoms with van der Waals surface area (Å²) in [5.74, 6) is 1.54. The zero-order valence-corrected chi connectivity index (χ0v) is 65.1. The summed E-state index contributed by atoms with van der Waals surface area (Å²) in [5.41, 5.74) is 8.81. The second kappa shape index (κ2) is 36.1. The lowest BCUT2D eigenvalue weighted by molar-refractivity contribution is -0.124. The first kappa shape index (κ1) is 79.0. The SMILES string of the molecule is CCCCCn1c2ccccc2c2cc(C(=O)NCC3CCN(CC(=O)NC(C)(C)C)CC3)ccc21.CCCCn1c2ccccc2c2cc(C(=O)NCC3CCN(CC(=O)NC(C)(C)C)CC3)ccc21.CCCn1c2ccccc2c2cc(C(=O)NCC3CCN(CC(=O)NC(C)(C)C)CC3)ccc21. The van der Waals surface area contributed by atoms with Crippen molar-refractivity contribution in [1.29, 1.82) is 0 Å². The highest BCUT2D eigenvalue weighted by Gasteiger charge is 2.28. The first-order chi connectivity index (χ1) is 50.2. The fourth-order valence-corrected chi connectivity index (χ4v) is 15.4. The van der Waals surface area contributed by atoms with Gasteiger partial charge in [0, 0.05) is 138 Å². The molecule has 0 aliphatic carbocycles. The van der Waals surface area contributed by atoms with E-state index >= 15 is 0 Å². The second-order valence-corrected chi connectivity index (χ2v) is 32.9. The largest absolute Gasteiger partial charge is 0.352 e. The minimum atomic E-state index is -0.202. The molecular weight excluding hydrogens is 1310 g/mol. The van der Waals surface area contributed by atoms with Crippen molar-refractivity contribution in [2.24, 2.45) is 17.8 Å². The minimum Gasteiger partial charge on any atom is -0.352 e. The van der Waals surface area contributed by atoms with Crippen molar-refractivity contribution >= 4 is 101 Å². The van der Waals surface area contributed by atoms with Crippen molar-refractivity contribution in [2.45, 2.75) is 196 Å². The highest BCUT2D eigenvalue weighted by Crippen LogP contribution is 2.34. The smallest absolute Gasteiger partial charge is 0.251 e. The number of benzene rings is 6. The van der Waals surface area contributed by atoms with Crippen LogP contribution in [-0.4, -0.2) is 159 Å². The topological polar surface area (TPSA) is 199 Å². The van der Waals surface area contributed by atoms with E-state index < -0.39 is 0 Å². The summed E-state index contributed by atoms with van der Waals surface area (Å²) in [6, 6.07) is 43.7. The zero-order valence-electron chi connectivity index (χ0n) is 65.1. The third-order valence-corrected chi connectivity index (χ3v) is 20.7. The Balaban J connectivity index is 0.000000169. The fraction of sp³-hybridized carbons (Fsp3) is 0.517. The van der Waals surface area contributed by atoms with Gasteiger partial charge in [-0.1, -0.05) is 94.6 Å². The highest BCUT2D eigenvalue weighted by molar-refractivity contribution is 6.13. The van der Waals surface area contributed by atoms with E-state index in [0.29, 0.717) is 68.1 Å². The number of fused-ring (bicyclic) bond motifs is 9. The molecule has 6 aromatic carbocycles. The predicted octanol–water partition coefficient (Wildman–Crippen LogP) is 14.9. The number of likely N-dealkylation sites (tertiary alicyclic amines) is 3. The van der Waals surface area contributed by atoms with E-state index in [-0.39, 0.29) is 52.1 Å². The Kier molecular flexibility index (Phi) is 27.2. The molecule has 18 nitrogen and oxygen atoms in total. The van der Waals surface area contributed by atoms with Gasteiger partial charge in [0.05, 0.1) is 19.6 Å². The summed E-state index contributed by atoms with van der Waals surface area (Å²) >= 11 is 0. The van der Waals surface area contributed by atoms with Gasteiger partial charge in [0.25, 0.3) is 17.7 Å². The maximum absolute atomic E-state index is 13.0. The second-order valence-electron chi connectivity index (χ2n) is 32.9. The number of carbonyl (C=O) groups excluding carboxylic acids is 6. The van der Waals surface area contributed by atoms with E-state index in [1.54, 1.807) is 0 Å². The molecule has 6 amide bonds. The van der Waals surface area contributed by atoms with Gasteiger partial charge in [-0.05, 0) is 250 Å². The molecule has 3 aliphatic rings. The van der Waals surface area contributed by atoms with E-state index in [2.05, 4.69) is 178 Å². The lowest BCUT2D eigenvalue weighted by atomic mass is 9.96. The van der Waals surface area contributed by atoms with Gasteiger partial charge in [-0.25, -0.2) is 0 Å². The van der Waals surface area contributed by atoms with Crippen molar-refractivity contribution in [2.75, 3.05) is 78.5 Å². The zero-order chi connectivity index (χ0) is 75.0. The standard InChI is InChI=1S/C30H42N4O2.C29H40N4O2.C28H38N4O2/c1-5-6-9-16-34-26-11-8-7-10-24(26)25-19-23(12-13-27(25)34)29(36)31-20-22-14-17-33(18-15-22)21-28(35)32-30(2,3)4;1-5-6-15-33-25-10-8-7-9-23(25)24-18-22(11-12-26(24)33)28(35)30-19-21-13-16-32(17-14-21)20-27(34)31-29(2,3)4;1-5-14-32-24-9-7-6-8-22(24)23-17-21(10-11-25(23)32)27(34)29-18-20-12-15-31(16-13-20)19-26(33)30-28(2,3)4/h7-8,10-13,19,22H,5-6,9,14-18,20-21H2,1-4H3,(H,31,36)(H,32,35);7-12,18,21H,5-6,13-17,19-20H2,1-4H3,(H,30,35)(H,31,34);6-11,17,20H,5,12-16,18-19H2,1-4H3,(H,29,34)(H,30,33). The first-order valence-corrected chi connectivity index (χ1v) is 39.2. The Bertz CT molecular complexity index is 4440. The van der Waals surface area contributed by atoms with Crippen LogP contribution in [0.15, 0.2) is 127 Å². The van der Waals surface area contributed by atoms with Crippen LogP contribution >= 0.6 is 0 Å². The molecule has 6 heterocycles. The van der Waals surface area contributed by atoms with Crippen LogP contribution in [-0.2, 0) is 34.0 Å². The van der Waals surface area contributed by atoms with Crippen molar-refractivity contribution < 1.29 is 28.8 Å². The summed E-state index contributed by atoms with van der Waals surface area (Å²) in [4.78, 5) is 82.2. The number of nitrogens with zero attached hydrogens (tertiary/aromatic N) is 6. The number of piperidine rings is 3. The number of para-hydroxylation sites is 3. The Morgan fingerprint density at radius 3 is 0.895 bits per heavy atom. The molecule has 105 heavy (non-hydrogen) atoms. The van der Waals surface area contributed by atoms with E-state index in [1.165, 1.54) is 62.1 Å². The summed E-state index contributed by atoms with van der Waals surface area (Å²) in [6.07, 6.45) is 12.9. The van der Waals surface area contributed by atoms with Gasteiger partial charge >= 0.3 is 0 Å². The van der Waals surface area contributed by atoms with Gasteiger partial charge in [0.15, 0.2) is 0 Å². The predicted molar refractivity (Wildman–Crippen MR) is 431 cm³/mol. The first-order valence-electron chi connectivity index (χ1n) is 39.2. The van der Waals surface area contributed by atoms with Crippen molar-refractivity contribution in [3.63, 3.8) is 0 Å². The maximum atomic E-state index is 13.0. The van der Waals surface area contributed by atoms with Crippen LogP contribution in [0.4, 0.5) is 0 Å². The molecule has 3 saturated heterocycles. The molecule has 3 aromatic heterocycles. The number of aromatic nitrogens is 3. The Labute approximate surface area is 623 Å². The minimum absolute atomic E-state index is 0.00769. The lowest BCUT2D eigenvalue weighted by Crippen LogP contribution is -2.48. The number of nitrogens with one attached hydrogen (secondary N) is 6. The molecule has 12 rings (SSSR count). The normalized spacial score (nSPS) is 15.5. The van der Waals surface area contributed by atoms with E-state index in [4.69, 9.17) is 0 Å². The lowest BCUT2D eigenvalue weighted by Gasteiger charge is -2.32. The summed E-state index contributed by atoms with van der Waals surface area (Å²) < 4.78 is 7.13. The molecule has 3 fully saturated rings. The van der Waals surface area contributed by atoms with Crippen LogP contribution in [0.5, 0.6) is 0 Å².